The van der Waals surface area contributed by atoms with E-state index in [1.165, 1.54) is 11.1 Å². The molecule has 0 aliphatic rings. The van der Waals surface area contributed by atoms with Crippen molar-refractivity contribution in [3.8, 4) is 0 Å². The van der Waals surface area contributed by atoms with Crippen LogP contribution in [-0.2, 0) is 6.42 Å². The number of aromatic nitrogens is 1. The Balaban J connectivity index is 1.88. The topological polar surface area (TPSA) is 54.0 Å². The molecule has 0 saturated carbocycles. The van der Waals surface area contributed by atoms with Crippen LogP contribution in [0.1, 0.15) is 28.5 Å². The lowest BCUT2D eigenvalue weighted by Crippen LogP contribution is -2.26. The van der Waals surface area contributed by atoms with E-state index in [1.54, 1.807) is 6.07 Å². The van der Waals surface area contributed by atoms with Crippen molar-refractivity contribution in [3.63, 3.8) is 0 Å². The van der Waals surface area contributed by atoms with Crippen LogP contribution < -0.4 is 10.6 Å². The first-order valence-electron chi connectivity index (χ1n) is 7.23. The fraction of sp³-hybridized carbons (Fsp3) is 0.294. The number of benzene rings is 1. The Morgan fingerprint density at radius 3 is 2.76 bits per heavy atom. The number of amides is 1. The summed E-state index contributed by atoms with van der Waals surface area (Å²) in [6, 6.07) is 13.7. The van der Waals surface area contributed by atoms with Crippen molar-refractivity contribution in [2.45, 2.75) is 20.3 Å². The van der Waals surface area contributed by atoms with Crippen molar-refractivity contribution < 1.29 is 4.79 Å². The first-order chi connectivity index (χ1) is 10.2. The number of pyridine rings is 1. The molecule has 1 amide bonds. The predicted octanol–water partition coefficient (Wildman–Crippen LogP) is 2.79. The molecule has 0 fully saturated rings. The Morgan fingerprint density at radius 2 is 2.00 bits per heavy atom. The lowest BCUT2D eigenvalue weighted by molar-refractivity contribution is 0.0949. The summed E-state index contributed by atoms with van der Waals surface area (Å²) in [7, 11) is 0. The second-order valence-corrected chi connectivity index (χ2v) is 4.93. The summed E-state index contributed by atoms with van der Waals surface area (Å²) in [6.07, 6.45) is 0.820. The zero-order valence-electron chi connectivity index (χ0n) is 12.5. The first-order valence-corrected chi connectivity index (χ1v) is 7.23. The lowest BCUT2D eigenvalue weighted by Gasteiger charge is -2.07. The third kappa shape index (κ3) is 4.60. The number of hydrogen-bond acceptors (Lipinski definition) is 3. The van der Waals surface area contributed by atoms with E-state index in [1.807, 2.05) is 25.1 Å². The third-order valence-electron chi connectivity index (χ3n) is 3.12. The van der Waals surface area contributed by atoms with Gasteiger partial charge >= 0.3 is 0 Å². The SMILES string of the molecule is CCNc1cccc(C(=O)NCCc2cccc(C)c2)n1. The molecule has 2 aromatic rings. The summed E-state index contributed by atoms with van der Waals surface area (Å²) in [6.45, 7) is 5.45. The number of carbonyl (C=O) groups excluding carboxylic acids is 1. The molecule has 21 heavy (non-hydrogen) atoms. The highest BCUT2D eigenvalue weighted by Gasteiger charge is 2.07. The molecule has 0 saturated heterocycles. The Hall–Kier alpha value is -2.36. The predicted molar refractivity (Wildman–Crippen MR) is 85.6 cm³/mol. The van der Waals surface area contributed by atoms with Crippen LogP contribution in [0.25, 0.3) is 0 Å². The van der Waals surface area contributed by atoms with Crippen LogP contribution >= 0.6 is 0 Å². The number of carbonyl (C=O) groups is 1. The van der Waals surface area contributed by atoms with E-state index in [0.29, 0.717) is 12.2 Å². The summed E-state index contributed by atoms with van der Waals surface area (Å²) in [5.74, 6) is 0.589. The van der Waals surface area contributed by atoms with Crippen molar-refractivity contribution in [1.29, 1.82) is 0 Å². The smallest absolute Gasteiger partial charge is 0.269 e. The number of nitrogens with one attached hydrogen (secondary N) is 2. The second-order valence-electron chi connectivity index (χ2n) is 4.93. The fourth-order valence-electron chi connectivity index (χ4n) is 2.12. The van der Waals surface area contributed by atoms with Crippen molar-refractivity contribution >= 4 is 11.7 Å². The Bertz CT molecular complexity index is 610. The van der Waals surface area contributed by atoms with Gasteiger partial charge in [-0.3, -0.25) is 4.79 Å². The van der Waals surface area contributed by atoms with Crippen LogP contribution in [0, 0.1) is 6.92 Å². The molecule has 0 aliphatic heterocycles. The molecule has 1 aromatic carbocycles. The van der Waals surface area contributed by atoms with Gasteiger partial charge in [-0.2, -0.15) is 0 Å². The number of rotatable bonds is 6. The number of hydrogen-bond donors (Lipinski definition) is 2. The molecule has 0 bridgehead atoms. The van der Waals surface area contributed by atoms with Gasteiger partial charge in [-0.1, -0.05) is 35.9 Å². The Morgan fingerprint density at radius 1 is 1.19 bits per heavy atom. The normalized spacial score (nSPS) is 10.2. The molecule has 4 heteroatoms. The van der Waals surface area contributed by atoms with E-state index in [-0.39, 0.29) is 5.91 Å². The minimum Gasteiger partial charge on any atom is -0.370 e. The molecule has 1 heterocycles. The van der Waals surface area contributed by atoms with Gasteiger partial charge in [0.1, 0.15) is 11.5 Å². The van der Waals surface area contributed by atoms with E-state index in [4.69, 9.17) is 0 Å². The van der Waals surface area contributed by atoms with Crippen molar-refractivity contribution in [2.75, 3.05) is 18.4 Å². The van der Waals surface area contributed by atoms with Gasteiger partial charge in [0.15, 0.2) is 0 Å². The maximum Gasteiger partial charge on any atom is 0.269 e. The van der Waals surface area contributed by atoms with Crippen molar-refractivity contribution in [2.24, 2.45) is 0 Å². The van der Waals surface area contributed by atoms with Gasteiger partial charge < -0.3 is 10.6 Å². The minimum absolute atomic E-state index is 0.137. The zero-order valence-corrected chi connectivity index (χ0v) is 12.5. The number of nitrogens with zero attached hydrogens (tertiary/aromatic N) is 1. The molecule has 4 nitrogen and oxygen atoms in total. The number of aryl methyl sites for hydroxylation is 1. The highest BCUT2D eigenvalue weighted by atomic mass is 16.1. The van der Waals surface area contributed by atoms with Crippen LogP contribution in [0.15, 0.2) is 42.5 Å². The van der Waals surface area contributed by atoms with Gasteiger partial charge in [0.25, 0.3) is 5.91 Å². The summed E-state index contributed by atoms with van der Waals surface area (Å²) >= 11 is 0. The quantitative estimate of drug-likeness (QED) is 0.857. The molecule has 2 rings (SSSR count). The maximum atomic E-state index is 12.1. The fourth-order valence-corrected chi connectivity index (χ4v) is 2.12. The van der Waals surface area contributed by atoms with E-state index in [2.05, 4.69) is 40.7 Å². The molecule has 0 aliphatic carbocycles. The maximum absolute atomic E-state index is 12.1. The molecule has 110 valence electrons. The molecule has 0 atom stereocenters. The molecular formula is C17H21N3O. The van der Waals surface area contributed by atoms with Crippen molar-refractivity contribution in [3.05, 3.63) is 59.3 Å². The van der Waals surface area contributed by atoms with Crippen LogP contribution in [-0.4, -0.2) is 24.0 Å². The van der Waals surface area contributed by atoms with E-state index < -0.39 is 0 Å². The van der Waals surface area contributed by atoms with Crippen LogP contribution in [0.2, 0.25) is 0 Å². The van der Waals surface area contributed by atoms with Gasteiger partial charge in [0, 0.05) is 13.1 Å². The Labute approximate surface area is 125 Å². The van der Waals surface area contributed by atoms with Crippen LogP contribution in [0.5, 0.6) is 0 Å². The standard InChI is InChI=1S/C17H21N3O/c1-3-18-16-9-5-8-15(20-16)17(21)19-11-10-14-7-4-6-13(2)12-14/h4-9,12H,3,10-11H2,1-2H3,(H,18,20)(H,19,21). The van der Waals surface area contributed by atoms with E-state index in [9.17, 15) is 4.79 Å². The highest BCUT2D eigenvalue weighted by Crippen LogP contribution is 2.06. The average Bonchev–Trinajstić information content (AvgIpc) is 2.48. The lowest BCUT2D eigenvalue weighted by atomic mass is 10.1. The molecule has 0 spiro atoms. The van der Waals surface area contributed by atoms with Gasteiger partial charge in [-0.25, -0.2) is 4.98 Å². The largest absolute Gasteiger partial charge is 0.370 e. The number of anilines is 1. The first kappa shape index (κ1) is 15.0. The van der Waals surface area contributed by atoms with Crippen LogP contribution in [0.3, 0.4) is 0 Å². The minimum atomic E-state index is -0.137. The molecule has 0 radical (unpaired) electrons. The molecule has 0 unspecified atom stereocenters. The summed E-state index contributed by atoms with van der Waals surface area (Å²) in [5.41, 5.74) is 2.90. The zero-order chi connectivity index (χ0) is 15.1. The molecular weight excluding hydrogens is 262 g/mol. The summed E-state index contributed by atoms with van der Waals surface area (Å²) in [4.78, 5) is 16.3. The monoisotopic (exact) mass is 283 g/mol. The second kappa shape index (κ2) is 7.43. The molecule has 2 N–H and O–H groups in total. The van der Waals surface area contributed by atoms with Gasteiger partial charge in [-0.05, 0) is 38.0 Å². The average molecular weight is 283 g/mol. The van der Waals surface area contributed by atoms with E-state index >= 15 is 0 Å². The van der Waals surface area contributed by atoms with Gasteiger partial charge in [0.2, 0.25) is 0 Å². The summed E-state index contributed by atoms with van der Waals surface area (Å²) < 4.78 is 0. The van der Waals surface area contributed by atoms with E-state index in [0.717, 1.165) is 18.8 Å². The Kier molecular flexibility index (Phi) is 5.32. The highest BCUT2D eigenvalue weighted by molar-refractivity contribution is 5.92. The van der Waals surface area contributed by atoms with Gasteiger partial charge in [0.05, 0.1) is 0 Å². The van der Waals surface area contributed by atoms with Crippen molar-refractivity contribution in [1.82, 2.24) is 10.3 Å². The summed E-state index contributed by atoms with van der Waals surface area (Å²) in [5, 5.41) is 6.01. The molecule has 1 aromatic heterocycles. The van der Waals surface area contributed by atoms with Gasteiger partial charge in [-0.15, -0.1) is 0 Å². The van der Waals surface area contributed by atoms with Crippen LogP contribution in [0.4, 0.5) is 5.82 Å². The third-order valence-corrected chi connectivity index (χ3v) is 3.12.